The summed E-state index contributed by atoms with van der Waals surface area (Å²) >= 11 is 5.71. The number of amides is 1. The molecule has 1 aromatic rings. The Morgan fingerprint density at radius 3 is 2.35 bits per heavy atom. The molecule has 43 heavy (non-hydrogen) atoms. The molecule has 1 aromatic carbocycles. The van der Waals surface area contributed by atoms with Gasteiger partial charge in [-0.2, -0.15) is 18.4 Å². The zero-order chi connectivity index (χ0) is 31.7. The van der Waals surface area contributed by atoms with Crippen LogP contribution in [0.15, 0.2) is 18.2 Å². The summed E-state index contributed by atoms with van der Waals surface area (Å²) in [4.78, 5) is 29.7. The van der Waals surface area contributed by atoms with Crippen molar-refractivity contribution in [3.63, 3.8) is 0 Å². The number of nitriles is 1. The van der Waals surface area contributed by atoms with Gasteiger partial charge in [0.2, 0.25) is 0 Å². The van der Waals surface area contributed by atoms with Gasteiger partial charge >= 0.3 is 12.1 Å². The van der Waals surface area contributed by atoms with Crippen LogP contribution in [0.4, 0.5) is 18.9 Å². The Kier molecular flexibility index (Phi) is 10.1. The number of nitrogens with zero attached hydrogens (tertiary/aromatic N) is 4. The lowest BCUT2D eigenvalue weighted by Gasteiger charge is -2.41. The average Bonchev–Trinajstić information content (AvgIpc) is 3.11. The van der Waals surface area contributed by atoms with Gasteiger partial charge in [-0.15, -0.1) is 0 Å². The monoisotopic (exact) mass is 622 g/mol. The molecule has 236 valence electrons. The van der Waals surface area contributed by atoms with E-state index in [9.17, 15) is 22.8 Å². The van der Waals surface area contributed by atoms with E-state index in [1.54, 1.807) is 19.9 Å². The van der Waals surface area contributed by atoms with Crippen LogP contribution in [0.1, 0.15) is 90.2 Å². The first-order valence-corrected chi connectivity index (χ1v) is 15.4. The minimum atomic E-state index is -4.74. The molecule has 2 heterocycles. The SMILES string of the molecule is C[C@@H]1CC(OCCC[C@H]2CC[C@H](N3C(=S)N(c4ccc(C#N)c(C(F)(F)F)c4)C(=O)C3(C)C)CC2)C[C@H](C)N1CC(=O)O. The fraction of sp³-hybridized carbons (Fsp3) is 0.677. The Morgan fingerprint density at radius 2 is 1.79 bits per heavy atom. The minimum absolute atomic E-state index is 0.00313. The van der Waals surface area contributed by atoms with E-state index >= 15 is 0 Å². The van der Waals surface area contributed by atoms with Crippen LogP contribution in [-0.4, -0.2) is 74.8 Å². The van der Waals surface area contributed by atoms with Crippen molar-refractivity contribution in [1.82, 2.24) is 9.80 Å². The molecule has 0 spiro atoms. The maximum atomic E-state index is 13.6. The maximum absolute atomic E-state index is 13.6. The van der Waals surface area contributed by atoms with Crippen LogP contribution in [0.3, 0.4) is 0 Å². The van der Waals surface area contributed by atoms with Crippen LogP contribution in [-0.2, 0) is 20.5 Å². The molecule has 3 fully saturated rings. The van der Waals surface area contributed by atoms with Gasteiger partial charge in [-0.25, -0.2) is 0 Å². The Morgan fingerprint density at radius 1 is 1.16 bits per heavy atom. The molecule has 0 radical (unpaired) electrons. The second-order valence-corrected chi connectivity index (χ2v) is 13.1. The number of carboxylic acids is 1. The zero-order valence-electron chi connectivity index (χ0n) is 25.2. The molecule has 3 aliphatic rings. The smallest absolute Gasteiger partial charge is 0.417 e. The van der Waals surface area contributed by atoms with E-state index in [0.29, 0.717) is 12.5 Å². The van der Waals surface area contributed by atoms with E-state index < -0.39 is 28.8 Å². The number of carbonyl (C=O) groups is 2. The summed E-state index contributed by atoms with van der Waals surface area (Å²) in [6, 6.07) is 5.16. The van der Waals surface area contributed by atoms with E-state index in [0.717, 1.165) is 63.5 Å². The first kappa shape index (κ1) is 33.1. The molecule has 1 aliphatic carbocycles. The summed E-state index contributed by atoms with van der Waals surface area (Å²) in [5.41, 5.74) is -2.58. The van der Waals surface area contributed by atoms with Gasteiger partial charge in [0, 0.05) is 24.7 Å². The number of carboxylic acid groups (broad SMARTS) is 1. The third-order valence-corrected chi connectivity index (χ3v) is 9.74. The Balaban J connectivity index is 1.29. The lowest BCUT2D eigenvalue weighted by Crippen LogP contribution is -2.51. The molecule has 3 atom stereocenters. The lowest BCUT2D eigenvalue weighted by atomic mass is 9.82. The first-order valence-electron chi connectivity index (χ1n) is 15.0. The van der Waals surface area contributed by atoms with Crippen molar-refractivity contribution in [3.8, 4) is 6.07 Å². The molecule has 2 aliphatic heterocycles. The van der Waals surface area contributed by atoms with Crippen LogP contribution in [0, 0.1) is 17.2 Å². The van der Waals surface area contributed by atoms with E-state index in [1.807, 2.05) is 9.80 Å². The number of hydrogen-bond acceptors (Lipinski definition) is 6. The number of anilines is 1. The van der Waals surface area contributed by atoms with Crippen molar-refractivity contribution >= 4 is 34.9 Å². The summed E-state index contributed by atoms with van der Waals surface area (Å²) in [6.45, 7) is 8.34. The van der Waals surface area contributed by atoms with Gasteiger partial charge in [-0.05, 0) is 115 Å². The standard InChI is InChI=1S/C31H41F3N4O4S/c1-19-14-25(15-20(2)36(19)18-27(39)40)42-13-5-6-21-7-10-23(11-8-21)38-29(43)37(28(41)30(38,3)4)24-12-9-22(17-35)26(16-24)31(32,33)34/h9,12,16,19-21,23,25H,5-8,10-11,13-15,18H2,1-4H3,(H,39,40)/t19-,20+,21-,23-,25?. The molecule has 2 saturated heterocycles. The summed E-state index contributed by atoms with van der Waals surface area (Å²) in [5, 5.41) is 18.5. The van der Waals surface area contributed by atoms with Gasteiger partial charge in [0.25, 0.3) is 5.91 Å². The average molecular weight is 623 g/mol. The number of alkyl halides is 3. The number of hydrogen-bond donors (Lipinski definition) is 1. The van der Waals surface area contributed by atoms with Crippen molar-refractivity contribution in [2.24, 2.45) is 5.92 Å². The van der Waals surface area contributed by atoms with Crippen molar-refractivity contribution in [2.45, 2.75) is 115 Å². The first-order chi connectivity index (χ1) is 20.1. The molecule has 8 nitrogen and oxygen atoms in total. The number of likely N-dealkylation sites (tertiary alicyclic amines) is 1. The molecular weight excluding hydrogens is 581 g/mol. The number of thiocarbonyl (C=S) groups is 1. The second kappa shape index (κ2) is 13.1. The van der Waals surface area contributed by atoms with Crippen LogP contribution in [0.25, 0.3) is 0 Å². The van der Waals surface area contributed by atoms with E-state index in [1.165, 1.54) is 11.0 Å². The van der Waals surface area contributed by atoms with E-state index in [-0.39, 0.29) is 47.5 Å². The largest absolute Gasteiger partial charge is 0.480 e. The number of aliphatic carboxylic acids is 1. The summed E-state index contributed by atoms with van der Waals surface area (Å²) in [7, 11) is 0. The number of carbonyl (C=O) groups excluding carboxylic acids is 1. The Bertz CT molecular complexity index is 1250. The molecule has 1 saturated carbocycles. The maximum Gasteiger partial charge on any atom is 0.417 e. The van der Waals surface area contributed by atoms with Gasteiger partial charge in [0.1, 0.15) is 5.54 Å². The Labute approximate surface area is 256 Å². The molecular formula is C31H41F3N4O4S. The van der Waals surface area contributed by atoms with E-state index in [2.05, 4.69) is 13.8 Å². The van der Waals surface area contributed by atoms with Crippen LogP contribution in [0.2, 0.25) is 0 Å². The highest BCUT2D eigenvalue weighted by molar-refractivity contribution is 7.80. The second-order valence-electron chi connectivity index (χ2n) is 12.7. The molecule has 0 aromatic heterocycles. The molecule has 1 N–H and O–H groups in total. The highest BCUT2D eigenvalue weighted by Crippen LogP contribution is 2.41. The molecule has 12 heteroatoms. The third kappa shape index (κ3) is 7.15. The molecule has 1 unspecified atom stereocenters. The van der Waals surface area contributed by atoms with Crippen molar-refractivity contribution in [2.75, 3.05) is 18.1 Å². The van der Waals surface area contributed by atoms with Gasteiger partial charge in [0.05, 0.1) is 35.5 Å². The number of ether oxygens (including phenoxy) is 1. The predicted octanol–water partition coefficient (Wildman–Crippen LogP) is 5.97. The fourth-order valence-electron chi connectivity index (χ4n) is 7.13. The van der Waals surface area contributed by atoms with Crippen molar-refractivity contribution in [1.29, 1.82) is 5.26 Å². The van der Waals surface area contributed by atoms with Gasteiger partial charge < -0.3 is 14.7 Å². The highest BCUT2D eigenvalue weighted by atomic mass is 32.1. The summed E-state index contributed by atoms with van der Waals surface area (Å²) in [5.74, 6) is -0.668. The molecule has 4 rings (SSSR count). The van der Waals surface area contributed by atoms with Crippen molar-refractivity contribution < 1.29 is 32.6 Å². The normalized spacial score (nSPS) is 28.3. The van der Waals surface area contributed by atoms with E-state index in [4.69, 9.17) is 27.3 Å². The number of halogens is 3. The topological polar surface area (TPSA) is 97.1 Å². The van der Waals surface area contributed by atoms with Gasteiger partial charge in [0.15, 0.2) is 5.11 Å². The quantitative estimate of drug-likeness (QED) is 0.266. The predicted molar refractivity (Wildman–Crippen MR) is 159 cm³/mol. The number of piperidine rings is 1. The highest BCUT2D eigenvalue weighted by Gasteiger charge is 2.52. The van der Waals surface area contributed by atoms with Gasteiger partial charge in [-0.3, -0.25) is 19.4 Å². The van der Waals surface area contributed by atoms with Crippen LogP contribution in [0.5, 0.6) is 0 Å². The lowest BCUT2D eigenvalue weighted by molar-refractivity contribution is -0.141. The van der Waals surface area contributed by atoms with Gasteiger partial charge in [-0.1, -0.05) is 0 Å². The van der Waals surface area contributed by atoms with Crippen LogP contribution < -0.4 is 4.90 Å². The number of benzene rings is 1. The van der Waals surface area contributed by atoms with Crippen molar-refractivity contribution in [3.05, 3.63) is 29.3 Å². The summed E-state index contributed by atoms with van der Waals surface area (Å²) in [6.07, 6.45) is 2.59. The Hall–Kier alpha value is -2.75. The minimum Gasteiger partial charge on any atom is -0.480 e. The fourth-order valence-corrected chi connectivity index (χ4v) is 7.70. The molecule has 1 amide bonds. The summed E-state index contributed by atoms with van der Waals surface area (Å²) < 4.78 is 47.0. The zero-order valence-corrected chi connectivity index (χ0v) is 26.0. The number of rotatable bonds is 9. The molecule has 0 bridgehead atoms. The van der Waals surface area contributed by atoms with Crippen LogP contribution >= 0.6 is 12.2 Å². The third-order valence-electron chi connectivity index (χ3n) is 9.36.